The van der Waals surface area contributed by atoms with Crippen molar-refractivity contribution in [1.29, 1.82) is 0 Å². The third-order valence-corrected chi connectivity index (χ3v) is 3.79. The van der Waals surface area contributed by atoms with Gasteiger partial charge in [0.05, 0.1) is 21.9 Å². The lowest BCUT2D eigenvalue weighted by molar-refractivity contribution is -0.383. The van der Waals surface area contributed by atoms with Gasteiger partial charge in [-0.3, -0.25) is 15.1 Å². The third-order valence-electron chi connectivity index (χ3n) is 3.79. The maximum Gasteiger partial charge on any atom is 0.281 e. The Hall–Kier alpha value is -2.08. The molecular formula is C14H14FN3O2. The number of hydrogen-bond donors (Lipinski definition) is 1. The Morgan fingerprint density at radius 2 is 2.30 bits per heavy atom. The number of fused-ring (bicyclic) bond motifs is 1. The summed E-state index contributed by atoms with van der Waals surface area (Å²) < 4.78 is 14.2. The van der Waals surface area contributed by atoms with Gasteiger partial charge in [0.2, 0.25) is 0 Å². The molecule has 1 aromatic carbocycles. The van der Waals surface area contributed by atoms with E-state index in [0.29, 0.717) is 28.8 Å². The SMILES string of the molecule is NC(Cc1c(F)cc([N+](=O)[O-])c2cccnc12)C1CC1. The maximum absolute atomic E-state index is 14.2. The number of rotatable bonds is 4. The molecule has 2 N–H and O–H groups in total. The van der Waals surface area contributed by atoms with Crippen molar-refractivity contribution in [1.82, 2.24) is 4.98 Å². The molecule has 1 heterocycles. The molecule has 0 amide bonds. The largest absolute Gasteiger partial charge is 0.327 e. The fourth-order valence-corrected chi connectivity index (χ4v) is 2.52. The van der Waals surface area contributed by atoms with Crippen LogP contribution in [-0.4, -0.2) is 15.9 Å². The van der Waals surface area contributed by atoms with Gasteiger partial charge in [0, 0.05) is 17.8 Å². The molecule has 104 valence electrons. The van der Waals surface area contributed by atoms with Crippen LogP contribution in [0.4, 0.5) is 10.1 Å². The highest BCUT2D eigenvalue weighted by Gasteiger charge is 2.30. The summed E-state index contributed by atoms with van der Waals surface area (Å²) in [6.45, 7) is 0. The summed E-state index contributed by atoms with van der Waals surface area (Å²) in [5.41, 5.74) is 6.51. The van der Waals surface area contributed by atoms with Crippen LogP contribution in [0.3, 0.4) is 0 Å². The van der Waals surface area contributed by atoms with Gasteiger partial charge < -0.3 is 5.73 Å². The summed E-state index contributed by atoms with van der Waals surface area (Å²) in [7, 11) is 0. The van der Waals surface area contributed by atoms with Crippen molar-refractivity contribution in [2.24, 2.45) is 11.7 Å². The van der Waals surface area contributed by atoms with Crippen molar-refractivity contribution in [3.63, 3.8) is 0 Å². The molecule has 3 rings (SSSR count). The third kappa shape index (κ3) is 2.22. The van der Waals surface area contributed by atoms with Crippen LogP contribution < -0.4 is 5.73 Å². The lowest BCUT2D eigenvalue weighted by Crippen LogP contribution is -2.25. The molecule has 5 nitrogen and oxygen atoms in total. The number of hydrogen-bond acceptors (Lipinski definition) is 4. The van der Waals surface area contributed by atoms with Gasteiger partial charge in [-0.05, 0) is 37.3 Å². The van der Waals surface area contributed by atoms with E-state index in [1.54, 1.807) is 12.1 Å². The van der Waals surface area contributed by atoms with Crippen LogP contribution in [0, 0.1) is 21.8 Å². The molecule has 0 spiro atoms. The maximum atomic E-state index is 14.2. The highest BCUT2D eigenvalue weighted by molar-refractivity contribution is 5.90. The topological polar surface area (TPSA) is 82.0 Å². The Kier molecular flexibility index (Phi) is 3.10. The Balaban J connectivity index is 2.13. The number of non-ortho nitro benzene ring substituents is 1. The van der Waals surface area contributed by atoms with Crippen LogP contribution >= 0.6 is 0 Å². The van der Waals surface area contributed by atoms with Gasteiger partial charge >= 0.3 is 0 Å². The van der Waals surface area contributed by atoms with E-state index in [2.05, 4.69) is 4.98 Å². The van der Waals surface area contributed by atoms with E-state index in [1.165, 1.54) is 6.20 Å². The highest BCUT2D eigenvalue weighted by Crippen LogP contribution is 2.35. The number of nitrogens with two attached hydrogens (primary N) is 1. The number of nitro groups is 1. The number of pyridine rings is 1. The van der Waals surface area contributed by atoms with Gasteiger partial charge in [0.15, 0.2) is 0 Å². The van der Waals surface area contributed by atoms with Crippen LogP contribution in [0.2, 0.25) is 0 Å². The molecule has 20 heavy (non-hydrogen) atoms. The normalized spacial score (nSPS) is 16.3. The molecule has 0 bridgehead atoms. The Morgan fingerprint density at radius 3 is 2.95 bits per heavy atom. The zero-order chi connectivity index (χ0) is 14.3. The van der Waals surface area contributed by atoms with Crippen LogP contribution in [0.15, 0.2) is 24.4 Å². The fraction of sp³-hybridized carbons (Fsp3) is 0.357. The second-order valence-corrected chi connectivity index (χ2v) is 5.22. The van der Waals surface area contributed by atoms with Crippen molar-refractivity contribution in [3.8, 4) is 0 Å². The molecule has 1 aliphatic rings. The van der Waals surface area contributed by atoms with Crippen molar-refractivity contribution in [3.05, 3.63) is 45.9 Å². The average molecular weight is 275 g/mol. The molecule has 2 aromatic rings. The number of nitrogens with zero attached hydrogens (tertiary/aromatic N) is 2. The summed E-state index contributed by atoms with van der Waals surface area (Å²) >= 11 is 0. The van der Waals surface area contributed by atoms with Gasteiger partial charge in [-0.25, -0.2) is 4.39 Å². The molecular weight excluding hydrogens is 261 g/mol. The van der Waals surface area contributed by atoms with E-state index in [0.717, 1.165) is 18.9 Å². The number of halogens is 1. The van der Waals surface area contributed by atoms with E-state index in [1.807, 2.05) is 0 Å². The Morgan fingerprint density at radius 1 is 1.55 bits per heavy atom. The monoisotopic (exact) mass is 275 g/mol. The molecule has 1 atom stereocenters. The molecule has 0 radical (unpaired) electrons. The van der Waals surface area contributed by atoms with Crippen molar-refractivity contribution < 1.29 is 9.31 Å². The molecule has 0 aliphatic heterocycles. The first kappa shape index (κ1) is 12.9. The minimum absolute atomic E-state index is 0.115. The van der Waals surface area contributed by atoms with E-state index in [4.69, 9.17) is 5.73 Å². The van der Waals surface area contributed by atoms with Crippen LogP contribution in [0.1, 0.15) is 18.4 Å². The average Bonchev–Trinajstić information content (AvgIpc) is 3.25. The number of aromatic nitrogens is 1. The molecule has 1 aromatic heterocycles. The van der Waals surface area contributed by atoms with Crippen molar-refractivity contribution in [2.45, 2.75) is 25.3 Å². The van der Waals surface area contributed by atoms with Gasteiger partial charge in [0.25, 0.3) is 5.69 Å². The summed E-state index contributed by atoms with van der Waals surface area (Å²) in [6, 6.07) is 4.05. The molecule has 1 fully saturated rings. The second-order valence-electron chi connectivity index (χ2n) is 5.22. The minimum atomic E-state index is -0.598. The van der Waals surface area contributed by atoms with Crippen molar-refractivity contribution in [2.75, 3.05) is 0 Å². The quantitative estimate of drug-likeness (QED) is 0.686. The molecule has 1 saturated carbocycles. The Bertz CT molecular complexity index is 685. The van der Waals surface area contributed by atoms with E-state index >= 15 is 0 Å². The molecule has 1 unspecified atom stereocenters. The van der Waals surface area contributed by atoms with Gasteiger partial charge in [-0.1, -0.05) is 0 Å². The van der Waals surface area contributed by atoms with Crippen molar-refractivity contribution >= 4 is 16.6 Å². The zero-order valence-electron chi connectivity index (χ0n) is 10.8. The number of benzene rings is 1. The second kappa shape index (κ2) is 4.79. The summed E-state index contributed by atoms with van der Waals surface area (Å²) in [5, 5.41) is 11.4. The fourth-order valence-electron chi connectivity index (χ4n) is 2.52. The molecule has 6 heteroatoms. The van der Waals surface area contributed by atoms with Gasteiger partial charge in [-0.2, -0.15) is 0 Å². The zero-order valence-corrected chi connectivity index (χ0v) is 10.8. The summed E-state index contributed by atoms with van der Waals surface area (Å²) in [5.74, 6) is -0.164. The first-order valence-corrected chi connectivity index (χ1v) is 6.54. The molecule has 0 saturated heterocycles. The Labute approximate surface area is 114 Å². The first-order valence-electron chi connectivity index (χ1n) is 6.54. The van der Waals surface area contributed by atoms with Crippen LogP contribution in [0.5, 0.6) is 0 Å². The van der Waals surface area contributed by atoms with Crippen LogP contribution in [-0.2, 0) is 6.42 Å². The first-order chi connectivity index (χ1) is 9.58. The van der Waals surface area contributed by atoms with E-state index in [-0.39, 0.29) is 11.7 Å². The summed E-state index contributed by atoms with van der Waals surface area (Å²) in [4.78, 5) is 14.5. The van der Waals surface area contributed by atoms with E-state index < -0.39 is 10.7 Å². The van der Waals surface area contributed by atoms with Crippen LogP contribution in [0.25, 0.3) is 10.9 Å². The van der Waals surface area contributed by atoms with Gasteiger partial charge in [0.1, 0.15) is 5.82 Å². The minimum Gasteiger partial charge on any atom is -0.327 e. The standard InChI is InChI=1S/C14H14FN3O2/c15-11-7-13(18(19)20)9-2-1-5-17-14(9)10(11)6-12(16)8-3-4-8/h1-2,5,7-8,12H,3-4,6,16H2. The lowest BCUT2D eigenvalue weighted by Gasteiger charge is -2.13. The summed E-state index contributed by atoms with van der Waals surface area (Å²) in [6.07, 6.45) is 4.02. The lowest BCUT2D eigenvalue weighted by atomic mass is 9.98. The van der Waals surface area contributed by atoms with E-state index in [9.17, 15) is 14.5 Å². The highest BCUT2D eigenvalue weighted by atomic mass is 19.1. The smallest absolute Gasteiger partial charge is 0.281 e. The molecule has 1 aliphatic carbocycles. The number of nitro benzene ring substituents is 1. The predicted molar refractivity (Wildman–Crippen MR) is 72.8 cm³/mol. The predicted octanol–water partition coefficient (Wildman–Crippen LogP) is 2.56. The van der Waals surface area contributed by atoms with Gasteiger partial charge in [-0.15, -0.1) is 0 Å².